The molecule has 0 aliphatic heterocycles. The van der Waals surface area contributed by atoms with Gasteiger partial charge in [-0.3, -0.25) is 10.00 Å². The highest BCUT2D eigenvalue weighted by molar-refractivity contribution is 7.09. The number of hydrogen-bond acceptors (Lipinski definition) is 5. The Kier molecular flexibility index (Phi) is 3.54. The van der Waals surface area contributed by atoms with Crippen molar-refractivity contribution in [3.8, 4) is 0 Å². The Labute approximate surface area is 105 Å². The molecule has 0 radical (unpaired) electrons. The van der Waals surface area contributed by atoms with Crippen molar-refractivity contribution in [3.63, 3.8) is 0 Å². The summed E-state index contributed by atoms with van der Waals surface area (Å²) in [5.74, 6) is 0. The lowest BCUT2D eigenvalue weighted by atomic mass is 10.00. The Morgan fingerprint density at radius 1 is 1.53 bits per heavy atom. The van der Waals surface area contributed by atoms with E-state index < -0.39 is 0 Å². The van der Waals surface area contributed by atoms with Crippen molar-refractivity contribution in [2.45, 2.75) is 32.4 Å². The summed E-state index contributed by atoms with van der Waals surface area (Å²) in [6.45, 7) is 5.08. The van der Waals surface area contributed by atoms with Gasteiger partial charge < -0.3 is 0 Å². The van der Waals surface area contributed by atoms with E-state index in [1.165, 1.54) is 0 Å². The molecule has 0 saturated heterocycles. The van der Waals surface area contributed by atoms with Crippen molar-refractivity contribution in [2.24, 2.45) is 7.05 Å². The molecule has 2 rings (SSSR count). The number of rotatable bonds is 5. The van der Waals surface area contributed by atoms with Crippen LogP contribution < -0.4 is 5.32 Å². The van der Waals surface area contributed by atoms with Crippen LogP contribution >= 0.6 is 11.3 Å². The van der Waals surface area contributed by atoms with E-state index in [4.69, 9.17) is 0 Å². The van der Waals surface area contributed by atoms with Gasteiger partial charge in [0, 0.05) is 25.2 Å². The number of aryl methyl sites for hydroxylation is 1. The van der Waals surface area contributed by atoms with Gasteiger partial charge in [-0.25, -0.2) is 4.98 Å². The Bertz CT molecular complexity index is 464. The molecule has 1 N–H and O–H groups in total. The zero-order valence-electron chi connectivity index (χ0n) is 10.3. The largest absolute Gasteiger partial charge is 0.300 e. The van der Waals surface area contributed by atoms with Crippen LogP contribution in [-0.4, -0.2) is 20.0 Å². The Morgan fingerprint density at radius 2 is 2.35 bits per heavy atom. The van der Waals surface area contributed by atoms with Crippen LogP contribution in [0.5, 0.6) is 0 Å². The van der Waals surface area contributed by atoms with Crippen LogP contribution in [0.4, 0.5) is 0 Å². The van der Waals surface area contributed by atoms with Gasteiger partial charge in [-0.2, -0.15) is 0 Å². The molecule has 0 amide bonds. The molecule has 0 bridgehead atoms. The first-order chi connectivity index (χ1) is 8.15. The quantitative estimate of drug-likeness (QED) is 0.878. The van der Waals surface area contributed by atoms with Crippen LogP contribution in [0.2, 0.25) is 0 Å². The second-order valence-corrected chi connectivity index (χ2v) is 5.12. The second kappa shape index (κ2) is 4.93. The number of nitrogens with one attached hydrogen (secondary N) is 1. The second-order valence-electron chi connectivity index (χ2n) is 4.23. The number of aromatic nitrogens is 4. The Morgan fingerprint density at radius 3 is 2.88 bits per heavy atom. The van der Waals surface area contributed by atoms with E-state index in [0.717, 1.165) is 23.7 Å². The molecule has 0 aliphatic rings. The summed E-state index contributed by atoms with van der Waals surface area (Å²) in [6.07, 6.45) is 4.62. The first-order valence-corrected chi connectivity index (χ1v) is 6.52. The third-order valence-corrected chi connectivity index (χ3v) is 4.12. The smallest absolute Gasteiger partial charge is 0.112 e. The predicted molar refractivity (Wildman–Crippen MR) is 67.6 cm³/mol. The van der Waals surface area contributed by atoms with Crippen molar-refractivity contribution in [2.75, 3.05) is 0 Å². The summed E-state index contributed by atoms with van der Waals surface area (Å²) < 4.78 is 1.78. The number of thiazole rings is 1. The topological polar surface area (TPSA) is 55.6 Å². The van der Waals surface area contributed by atoms with Crippen molar-refractivity contribution in [3.05, 3.63) is 28.5 Å². The first kappa shape index (κ1) is 12.2. The van der Waals surface area contributed by atoms with Crippen LogP contribution in [0.25, 0.3) is 0 Å². The summed E-state index contributed by atoms with van der Waals surface area (Å²) in [6, 6.07) is 0. The monoisotopic (exact) mass is 251 g/mol. The molecule has 92 valence electrons. The average Bonchev–Trinajstić information content (AvgIpc) is 2.97. The molecule has 0 aliphatic carbocycles. The zero-order chi connectivity index (χ0) is 12.3. The van der Waals surface area contributed by atoms with E-state index >= 15 is 0 Å². The molecule has 5 nitrogen and oxygen atoms in total. The summed E-state index contributed by atoms with van der Waals surface area (Å²) in [5.41, 5.74) is 0.986. The van der Waals surface area contributed by atoms with Gasteiger partial charge in [-0.05, 0) is 13.3 Å². The third kappa shape index (κ3) is 2.53. The normalized spacial score (nSPS) is 14.8. The maximum absolute atomic E-state index is 4.40. The maximum Gasteiger partial charge on any atom is 0.112 e. The van der Waals surface area contributed by atoms with Crippen LogP contribution in [-0.2, 0) is 19.1 Å². The summed E-state index contributed by atoms with van der Waals surface area (Å²) in [7, 11) is 1.90. The summed E-state index contributed by atoms with van der Waals surface area (Å²) in [5, 5.41) is 14.5. The van der Waals surface area contributed by atoms with Gasteiger partial charge >= 0.3 is 0 Å². The van der Waals surface area contributed by atoms with E-state index in [2.05, 4.69) is 34.5 Å². The van der Waals surface area contributed by atoms with Gasteiger partial charge in [0.15, 0.2) is 0 Å². The molecule has 1 atom stereocenters. The first-order valence-electron chi connectivity index (χ1n) is 5.64. The maximum atomic E-state index is 4.40. The van der Waals surface area contributed by atoms with Gasteiger partial charge in [-0.15, -0.1) is 16.4 Å². The van der Waals surface area contributed by atoms with Gasteiger partial charge in [0.2, 0.25) is 0 Å². The van der Waals surface area contributed by atoms with Crippen LogP contribution in [0.3, 0.4) is 0 Å². The molecule has 2 aromatic rings. The molecule has 2 heterocycles. The molecule has 0 spiro atoms. The molecule has 0 fully saturated rings. The fourth-order valence-corrected chi connectivity index (χ4v) is 2.45. The van der Waals surface area contributed by atoms with Crippen LogP contribution in [0, 0.1) is 0 Å². The Hall–Kier alpha value is -1.27. The van der Waals surface area contributed by atoms with Gasteiger partial charge in [-0.1, -0.05) is 12.1 Å². The molecule has 0 aromatic carbocycles. The summed E-state index contributed by atoms with van der Waals surface area (Å²) >= 11 is 1.68. The molecular weight excluding hydrogens is 234 g/mol. The highest BCUT2D eigenvalue weighted by Crippen LogP contribution is 2.26. The van der Waals surface area contributed by atoms with Crippen LogP contribution in [0.1, 0.15) is 31.0 Å². The van der Waals surface area contributed by atoms with E-state index in [-0.39, 0.29) is 5.54 Å². The minimum Gasteiger partial charge on any atom is -0.300 e. The lowest BCUT2D eigenvalue weighted by Crippen LogP contribution is -2.38. The van der Waals surface area contributed by atoms with Crippen molar-refractivity contribution in [1.29, 1.82) is 0 Å². The molecule has 1 unspecified atom stereocenters. The zero-order valence-corrected chi connectivity index (χ0v) is 11.2. The van der Waals surface area contributed by atoms with E-state index in [1.54, 1.807) is 22.2 Å². The van der Waals surface area contributed by atoms with Crippen molar-refractivity contribution in [1.82, 2.24) is 25.3 Å². The van der Waals surface area contributed by atoms with Gasteiger partial charge in [0.1, 0.15) is 5.01 Å². The van der Waals surface area contributed by atoms with Gasteiger partial charge in [0.05, 0.1) is 17.4 Å². The molecule has 6 heteroatoms. The fourth-order valence-electron chi connectivity index (χ4n) is 1.60. The summed E-state index contributed by atoms with van der Waals surface area (Å²) in [4.78, 5) is 4.40. The van der Waals surface area contributed by atoms with Crippen molar-refractivity contribution < 1.29 is 0 Å². The fraction of sp³-hybridized carbons (Fsp3) is 0.545. The van der Waals surface area contributed by atoms with Crippen LogP contribution in [0.15, 0.2) is 17.8 Å². The standard InChI is InChI=1S/C11H17N5S/c1-4-11(2,10-12-5-6-17-10)13-7-9-8-14-15-16(9)3/h5-6,8,13H,4,7H2,1-3H3. The highest BCUT2D eigenvalue weighted by atomic mass is 32.1. The van der Waals surface area contributed by atoms with E-state index in [1.807, 2.05) is 18.6 Å². The SMILES string of the molecule is CCC(C)(NCc1cnnn1C)c1nccs1. The van der Waals surface area contributed by atoms with Crippen molar-refractivity contribution >= 4 is 11.3 Å². The Balaban J connectivity index is 2.08. The molecule has 2 aromatic heterocycles. The minimum absolute atomic E-state index is 0.0849. The minimum atomic E-state index is -0.0849. The number of nitrogens with zero attached hydrogens (tertiary/aromatic N) is 4. The molecule has 0 saturated carbocycles. The van der Waals surface area contributed by atoms with Gasteiger partial charge in [0.25, 0.3) is 0 Å². The molecular formula is C11H17N5S. The predicted octanol–water partition coefficient (Wildman–Crippen LogP) is 1.69. The third-order valence-electron chi connectivity index (χ3n) is 3.08. The van der Waals surface area contributed by atoms with E-state index in [9.17, 15) is 0 Å². The molecule has 17 heavy (non-hydrogen) atoms. The lowest BCUT2D eigenvalue weighted by molar-refractivity contribution is 0.344. The lowest BCUT2D eigenvalue weighted by Gasteiger charge is -2.27. The number of hydrogen-bond donors (Lipinski definition) is 1. The average molecular weight is 251 g/mol. The highest BCUT2D eigenvalue weighted by Gasteiger charge is 2.26. The van der Waals surface area contributed by atoms with E-state index in [0.29, 0.717) is 0 Å².